The van der Waals surface area contributed by atoms with Crippen LogP contribution < -0.4 is 5.73 Å². The van der Waals surface area contributed by atoms with Gasteiger partial charge in [-0.25, -0.2) is 0 Å². The number of nitrogens with zero attached hydrogens (tertiary/aromatic N) is 1. The molecule has 0 aromatic heterocycles. The standard InChI is InChI=1S/C14H26N2O2/c1-10-3-4-13(15)12(7-10)14(17)16-6-5-11(8-16)9-18-2/h10-13H,3-9,15H2,1-2H3. The van der Waals surface area contributed by atoms with E-state index in [-0.39, 0.29) is 17.9 Å². The zero-order valence-electron chi connectivity index (χ0n) is 11.6. The molecule has 2 rings (SSSR count). The summed E-state index contributed by atoms with van der Waals surface area (Å²) in [4.78, 5) is 14.5. The second-order valence-corrected chi connectivity index (χ2v) is 6.08. The molecule has 0 aromatic rings. The molecule has 1 aliphatic carbocycles. The molecule has 1 saturated carbocycles. The summed E-state index contributed by atoms with van der Waals surface area (Å²) in [6.07, 6.45) is 4.19. The number of methoxy groups -OCH3 is 1. The first-order chi connectivity index (χ1) is 8.61. The molecule has 4 nitrogen and oxygen atoms in total. The maximum Gasteiger partial charge on any atom is 0.227 e. The monoisotopic (exact) mass is 254 g/mol. The first kappa shape index (κ1) is 13.8. The van der Waals surface area contributed by atoms with Crippen LogP contribution in [0.1, 0.15) is 32.6 Å². The van der Waals surface area contributed by atoms with Crippen LogP contribution in [0.15, 0.2) is 0 Å². The van der Waals surface area contributed by atoms with E-state index in [4.69, 9.17) is 10.5 Å². The third-order valence-corrected chi connectivity index (χ3v) is 4.48. The maximum absolute atomic E-state index is 12.5. The molecule has 2 fully saturated rings. The van der Waals surface area contributed by atoms with Gasteiger partial charge >= 0.3 is 0 Å². The molecule has 0 radical (unpaired) electrons. The van der Waals surface area contributed by atoms with Gasteiger partial charge in [0.05, 0.1) is 12.5 Å². The molecule has 0 bridgehead atoms. The zero-order valence-corrected chi connectivity index (χ0v) is 11.6. The van der Waals surface area contributed by atoms with Crippen molar-refractivity contribution in [2.24, 2.45) is 23.5 Å². The van der Waals surface area contributed by atoms with Crippen molar-refractivity contribution in [1.82, 2.24) is 4.90 Å². The topological polar surface area (TPSA) is 55.6 Å². The average Bonchev–Trinajstić information content (AvgIpc) is 2.80. The second-order valence-electron chi connectivity index (χ2n) is 6.08. The normalized spacial score (nSPS) is 36.9. The van der Waals surface area contributed by atoms with Crippen molar-refractivity contribution in [1.29, 1.82) is 0 Å². The lowest BCUT2D eigenvalue weighted by Gasteiger charge is -2.34. The van der Waals surface area contributed by atoms with Gasteiger partial charge in [0.2, 0.25) is 5.91 Å². The van der Waals surface area contributed by atoms with Crippen LogP contribution in [0.2, 0.25) is 0 Å². The number of hydrogen-bond acceptors (Lipinski definition) is 3. The van der Waals surface area contributed by atoms with E-state index in [1.807, 2.05) is 4.90 Å². The Labute approximate surface area is 110 Å². The van der Waals surface area contributed by atoms with Crippen molar-refractivity contribution >= 4 is 5.91 Å². The summed E-state index contributed by atoms with van der Waals surface area (Å²) >= 11 is 0. The summed E-state index contributed by atoms with van der Waals surface area (Å²) in [6, 6.07) is 0.0650. The quantitative estimate of drug-likeness (QED) is 0.824. The fraction of sp³-hybridized carbons (Fsp3) is 0.929. The lowest BCUT2D eigenvalue weighted by Crippen LogP contribution is -2.46. The van der Waals surface area contributed by atoms with Gasteiger partial charge in [-0.1, -0.05) is 6.92 Å². The second kappa shape index (κ2) is 6.02. The van der Waals surface area contributed by atoms with Crippen LogP contribution in [-0.4, -0.2) is 43.7 Å². The van der Waals surface area contributed by atoms with Gasteiger partial charge in [0.25, 0.3) is 0 Å². The van der Waals surface area contributed by atoms with Crippen molar-refractivity contribution in [2.75, 3.05) is 26.8 Å². The average molecular weight is 254 g/mol. The van der Waals surface area contributed by atoms with E-state index in [9.17, 15) is 4.79 Å². The Hall–Kier alpha value is -0.610. The Kier molecular flexibility index (Phi) is 4.62. The molecule has 1 saturated heterocycles. The van der Waals surface area contributed by atoms with Gasteiger partial charge in [0.15, 0.2) is 0 Å². The van der Waals surface area contributed by atoms with E-state index in [0.29, 0.717) is 11.8 Å². The van der Waals surface area contributed by atoms with Crippen molar-refractivity contribution in [3.63, 3.8) is 0 Å². The lowest BCUT2D eigenvalue weighted by atomic mass is 9.78. The van der Waals surface area contributed by atoms with Gasteiger partial charge in [-0.15, -0.1) is 0 Å². The largest absolute Gasteiger partial charge is 0.384 e. The van der Waals surface area contributed by atoms with Gasteiger partial charge in [0, 0.05) is 32.2 Å². The third kappa shape index (κ3) is 3.04. The van der Waals surface area contributed by atoms with Gasteiger partial charge in [-0.2, -0.15) is 0 Å². The van der Waals surface area contributed by atoms with Crippen LogP contribution in [-0.2, 0) is 9.53 Å². The Bertz CT molecular complexity index is 296. The first-order valence-corrected chi connectivity index (χ1v) is 7.15. The van der Waals surface area contributed by atoms with E-state index in [2.05, 4.69) is 6.92 Å². The molecule has 0 spiro atoms. The molecule has 104 valence electrons. The van der Waals surface area contributed by atoms with E-state index in [1.165, 1.54) is 0 Å². The SMILES string of the molecule is COCC1CCN(C(=O)C2CC(C)CCC2N)C1. The molecule has 1 aliphatic heterocycles. The summed E-state index contributed by atoms with van der Waals surface area (Å²) in [5, 5.41) is 0. The highest BCUT2D eigenvalue weighted by molar-refractivity contribution is 5.80. The van der Waals surface area contributed by atoms with Crippen molar-refractivity contribution < 1.29 is 9.53 Å². The maximum atomic E-state index is 12.5. The lowest BCUT2D eigenvalue weighted by molar-refractivity contribution is -0.136. The van der Waals surface area contributed by atoms with E-state index in [1.54, 1.807) is 7.11 Å². The minimum atomic E-state index is 0.0510. The van der Waals surface area contributed by atoms with Crippen molar-refractivity contribution in [3.8, 4) is 0 Å². The van der Waals surface area contributed by atoms with E-state index in [0.717, 1.165) is 45.4 Å². The summed E-state index contributed by atoms with van der Waals surface area (Å²) in [5.74, 6) is 1.48. The molecule has 1 amide bonds. The van der Waals surface area contributed by atoms with Crippen LogP contribution in [0.4, 0.5) is 0 Å². The molecule has 2 aliphatic rings. The predicted molar refractivity (Wildman–Crippen MR) is 71.0 cm³/mol. The fourth-order valence-corrected chi connectivity index (χ4v) is 3.33. The Morgan fingerprint density at radius 2 is 2.17 bits per heavy atom. The van der Waals surface area contributed by atoms with Crippen molar-refractivity contribution in [2.45, 2.75) is 38.6 Å². The number of hydrogen-bond donors (Lipinski definition) is 1. The zero-order chi connectivity index (χ0) is 13.1. The molecular formula is C14H26N2O2. The number of rotatable bonds is 3. The summed E-state index contributed by atoms with van der Waals surface area (Å²) in [6.45, 7) is 4.72. The Morgan fingerprint density at radius 1 is 1.39 bits per heavy atom. The van der Waals surface area contributed by atoms with Gasteiger partial charge in [0.1, 0.15) is 0 Å². The molecule has 4 atom stereocenters. The van der Waals surface area contributed by atoms with Crippen LogP contribution in [0.25, 0.3) is 0 Å². The van der Waals surface area contributed by atoms with Crippen LogP contribution in [0.3, 0.4) is 0 Å². The molecule has 2 N–H and O–H groups in total. The van der Waals surface area contributed by atoms with E-state index >= 15 is 0 Å². The minimum Gasteiger partial charge on any atom is -0.384 e. The Morgan fingerprint density at radius 3 is 2.89 bits per heavy atom. The number of ether oxygens (including phenoxy) is 1. The number of carbonyl (C=O) groups is 1. The van der Waals surface area contributed by atoms with Gasteiger partial charge in [-0.05, 0) is 31.6 Å². The smallest absolute Gasteiger partial charge is 0.227 e. The highest BCUT2D eigenvalue weighted by Crippen LogP contribution is 2.30. The van der Waals surface area contributed by atoms with Gasteiger partial charge in [-0.3, -0.25) is 4.79 Å². The molecule has 4 heteroatoms. The molecule has 4 unspecified atom stereocenters. The van der Waals surface area contributed by atoms with E-state index < -0.39 is 0 Å². The van der Waals surface area contributed by atoms with Crippen LogP contribution in [0.5, 0.6) is 0 Å². The highest BCUT2D eigenvalue weighted by Gasteiger charge is 2.36. The summed E-state index contributed by atoms with van der Waals surface area (Å²) in [7, 11) is 1.73. The molecule has 18 heavy (non-hydrogen) atoms. The van der Waals surface area contributed by atoms with Gasteiger partial charge < -0.3 is 15.4 Å². The first-order valence-electron chi connectivity index (χ1n) is 7.15. The number of amides is 1. The number of nitrogens with two attached hydrogens (primary N) is 1. The number of likely N-dealkylation sites (tertiary alicyclic amines) is 1. The molecule has 1 heterocycles. The summed E-state index contributed by atoms with van der Waals surface area (Å²) in [5.41, 5.74) is 6.13. The molecular weight excluding hydrogens is 228 g/mol. The Balaban J connectivity index is 1.90. The highest BCUT2D eigenvalue weighted by atomic mass is 16.5. The fourth-order valence-electron chi connectivity index (χ4n) is 3.33. The van der Waals surface area contributed by atoms with Crippen molar-refractivity contribution in [3.05, 3.63) is 0 Å². The summed E-state index contributed by atoms with van der Waals surface area (Å²) < 4.78 is 5.17. The van der Waals surface area contributed by atoms with Crippen LogP contribution in [0, 0.1) is 17.8 Å². The third-order valence-electron chi connectivity index (χ3n) is 4.48. The predicted octanol–water partition coefficient (Wildman–Crippen LogP) is 1.24. The van der Waals surface area contributed by atoms with Crippen LogP contribution >= 0.6 is 0 Å². The minimum absolute atomic E-state index is 0.0510. The molecule has 0 aromatic carbocycles. The number of carbonyl (C=O) groups excluding carboxylic acids is 1.